The van der Waals surface area contributed by atoms with Gasteiger partial charge in [-0.1, -0.05) is 26.0 Å². The Kier molecular flexibility index (Phi) is 10.4. The van der Waals surface area contributed by atoms with E-state index in [1.807, 2.05) is 19.1 Å². The Hall–Kier alpha value is 0.993. The van der Waals surface area contributed by atoms with Gasteiger partial charge in [0.2, 0.25) is 0 Å². The normalized spacial score (nSPS) is 37.7. The number of ether oxygens (including phenoxy) is 2. The maximum absolute atomic E-state index is 12.7. The number of carbonyl (C=O) groups excluding carboxylic acids is 1. The van der Waals surface area contributed by atoms with Gasteiger partial charge in [0.25, 0.3) is 0 Å². The molecule has 1 aromatic carbocycles. The number of hydrogen-bond donors (Lipinski definition) is 3. The molecule has 192 valence electrons. The van der Waals surface area contributed by atoms with Crippen LogP contribution in [0.2, 0.25) is 0 Å². The molecule has 7 atom stereocenters. The minimum atomic E-state index is -0.524. The minimum absolute atomic E-state index is 0. The fourth-order valence-electron chi connectivity index (χ4n) is 7.57. The Morgan fingerprint density at radius 3 is 2.50 bits per heavy atom. The number of rotatable bonds is 6. The first-order chi connectivity index (χ1) is 16.1. The number of hydrogen-bond acceptors (Lipinski definition) is 6. The number of nitrogens with one attached hydrogen (secondary N) is 1. The topological polar surface area (TPSA) is 91.3 Å². The van der Waals surface area contributed by atoms with E-state index in [0.717, 1.165) is 38.0 Å². The molecule has 0 aromatic heterocycles. The Morgan fingerprint density at radius 1 is 1.17 bits per heavy atom. The van der Waals surface area contributed by atoms with Gasteiger partial charge in [-0.2, -0.15) is 0 Å². The molecule has 1 aromatic rings. The van der Waals surface area contributed by atoms with E-state index < -0.39 is 11.5 Å². The van der Waals surface area contributed by atoms with Crippen molar-refractivity contribution in [3.8, 4) is 0 Å². The molecule has 3 N–H and O–H groups in total. The third kappa shape index (κ3) is 5.34. The summed E-state index contributed by atoms with van der Waals surface area (Å²) in [7, 11) is 0. The summed E-state index contributed by atoms with van der Waals surface area (Å²) < 4.78 is 11.5. The van der Waals surface area contributed by atoms with E-state index in [9.17, 15) is 15.0 Å². The smallest absolute Gasteiger partial charge is 0.336 e. The van der Waals surface area contributed by atoms with Gasteiger partial charge < -0.3 is 25.0 Å². The molecule has 36 heavy (non-hydrogen) atoms. The zero-order chi connectivity index (χ0) is 24.3. The zero-order valence-corrected chi connectivity index (χ0v) is 31.5. The van der Waals surface area contributed by atoms with Crippen molar-refractivity contribution in [1.82, 2.24) is 0 Å². The summed E-state index contributed by atoms with van der Waals surface area (Å²) in [5, 5.41) is 25.0. The number of cyclic esters (lactones) is 1. The van der Waals surface area contributed by atoms with Crippen LogP contribution in [0, 0.1) is 125 Å². The number of aliphatic hydroxyl groups excluding tert-OH is 2. The molecule has 5 rings (SSSR count). The molecular weight excluding hydrogens is 884 g/mol. The van der Waals surface area contributed by atoms with Crippen LogP contribution < -0.4 is 5.32 Å². The number of aryl methyl sites for hydroxylation is 1. The van der Waals surface area contributed by atoms with Crippen molar-refractivity contribution in [2.75, 3.05) is 25.1 Å². The van der Waals surface area contributed by atoms with Gasteiger partial charge in [0.15, 0.2) is 0 Å². The first kappa shape index (κ1) is 31.5. The number of aliphatic hydroxyl groups is 2. The van der Waals surface area contributed by atoms with Crippen molar-refractivity contribution in [1.29, 1.82) is 0 Å². The van der Waals surface area contributed by atoms with E-state index in [-0.39, 0.29) is 130 Å². The maximum Gasteiger partial charge on any atom is 0.336 e. The SMILES string of the molecule is Cc1cccc(NC(C[C@H]2[C@]3(CCC4[C@](C)(CO)C(O)CC[C@@]42C)CO3)C2=CCOC2=O)c1C.[Ac].[Ac]. The Bertz CT molecular complexity index is 1010. The fraction of sp³-hybridized carbons (Fsp3) is 0.679. The average Bonchev–Trinajstić information content (AvgIpc) is 3.46. The second kappa shape index (κ2) is 11.8. The molecule has 1 spiro atoms. The molecule has 2 aliphatic carbocycles. The summed E-state index contributed by atoms with van der Waals surface area (Å²) in [4.78, 5) is 12.7. The molecule has 6 nitrogen and oxygen atoms in total. The van der Waals surface area contributed by atoms with Crippen LogP contribution >= 0.6 is 0 Å². The number of epoxide rings is 1. The van der Waals surface area contributed by atoms with Crippen LogP contribution in [0.5, 0.6) is 0 Å². The molecule has 2 saturated carbocycles. The number of anilines is 1. The van der Waals surface area contributed by atoms with Gasteiger partial charge in [-0.25, -0.2) is 4.79 Å². The number of benzene rings is 1. The summed E-state index contributed by atoms with van der Waals surface area (Å²) in [5.74, 6) is 0.152. The largest absolute Gasteiger partial charge is 0.458 e. The van der Waals surface area contributed by atoms with E-state index in [2.05, 4.69) is 38.2 Å². The van der Waals surface area contributed by atoms with E-state index in [1.54, 1.807) is 0 Å². The van der Waals surface area contributed by atoms with Gasteiger partial charge in [0.1, 0.15) is 6.61 Å². The fourth-order valence-corrected chi connectivity index (χ4v) is 7.57. The molecule has 2 aliphatic heterocycles. The molecule has 8 heteroatoms. The minimum Gasteiger partial charge on any atom is -0.458 e. The summed E-state index contributed by atoms with van der Waals surface area (Å²) in [6.07, 6.45) is 5.61. The van der Waals surface area contributed by atoms with Gasteiger partial charge in [-0.05, 0) is 86.5 Å². The second-order valence-corrected chi connectivity index (χ2v) is 11.7. The summed E-state index contributed by atoms with van der Waals surface area (Å²) >= 11 is 0. The van der Waals surface area contributed by atoms with Crippen LogP contribution in [0.25, 0.3) is 0 Å². The molecule has 3 fully saturated rings. The molecule has 3 unspecified atom stereocenters. The average molecular weight is 924 g/mol. The second-order valence-electron chi connectivity index (χ2n) is 11.7. The molecule has 2 radical (unpaired) electrons. The van der Waals surface area contributed by atoms with Crippen LogP contribution in [0.3, 0.4) is 0 Å². The first-order valence-electron chi connectivity index (χ1n) is 12.8. The van der Waals surface area contributed by atoms with Crippen molar-refractivity contribution in [2.24, 2.45) is 22.7 Å². The first-order valence-corrected chi connectivity index (χ1v) is 12.8. The van der Waals surface area contributed by atoms with Gasteiger partial charge >= 0.3 is 5.97 Å². The number of carbonyl (C=O) groups is 1. The third-order valence-electron chi connectivity index (χ3n) is 9.99. The van der Waals surface area contributed by atoms with Gasteiger partial charge in [-0.3, -0.25) is 0 Å². The van der Waals surface area contributed by atoms with Crippen molar-refractivity contribution in [3.05, 3.63) is 41.0 Å². The van der Waals surface area contributed by atoms with E-state index in [1.165, 1.54) is 11.1 Å². The van der Waals surface area contributed by atoms with Crippen LogP contribution in [-0.2, 0) is 14.3 Å². The van der Waals surface area contributed by atoms with Crippen LogP contribution in [-0.4, -0.2) is 53.7 Å². The number of esters is 1. The number of fused-ring (bicyclic) bond motifs is 1. The summed E-state index contributed by atoms with van der Waals surface area (Å²) in [6.45, 7) is 9.64. The van der Waals surface area contributed by atoms with Crippen LogP contribution in [0.1, 0.15) is 57.1 Å². The summed E-state index contributed by atoms with van der Waals surface area (Å²) in [5.41, 5.74) is 3.32. The van der Waals surface area contributed by atoms with E-state index in [4.69, 9.17) is 9.47 Å². The molecule has 4 aliphatic rings. The van der Waals surface area contributed by atoms with Gasteiger partial charge in [0, 0.05) is 99.2 Å². The predicted molar refractivity (Wildman–Crippen MR) is 130 cm³/mol. The Morgan fingerprint density at radius 2 is 1.89 bits per heavy atom. The Balaban J connectivity index is 0.00000180. The van der Waals surface area contributed by atoms with E-state index >= 15 is 0 Å². The van der Waals surface area contributed by atoms with Gasteiger partial charge in [0.05, 0.1) is 36.5 Å². The zero-order valence-electron chi connectivity index (χ0n) is 22.0. The molecule has 0 bridgehead atoms. The van der Waals surface area contributed by atoms with Crippen LogP contribution in [0.15, 0.2) is 29.8 Å². The van der Waals surface area contributed by atoms with Crippen molar-refractivity contribution < 1.29 is 113 Å². The van der Waals surface area contributed by atoms with E-state index in [0.29, 0.717) is 18.6 Å². The standard InChI is InChI=1S/C28H39NO5.2Ac/c1-17-6-5-7-20(18(17)2)29-21(19-10-13-33-25(19)32)14-23-26(3)11-9-24(31)27(4,15-30)22(26)8-12-28(23)16-34-28;;/h5-7,10,21-24,29-31H,8-9,11-16H2,1-4H3;;/t21?,22?,23-,24?,26+,27+,28+;;/m1../s1. The van der Waals surface area contributed by atoms with Crippen molar-refractivity contribution >= 4 is 11.7 Å². The van der Waals surface area contributed by atoms with Crippen LogP contribution in [0.4, 0.5) is 5.69 Å². The molecule has 0 amide bonds. The molecule has 2 heterocycles. The van der Waals surface area contributed by atoms with Crippen molar-refractivity contribution in [2.45, 2.75) is 77.5 Å². The van der Waals surface area contributed by atoms with Gasteiger partial charge in [-0.15, -0.1) is 0 Å². The quantitative estimate of drug-likeness (QED) is 0.297. The monoisotopic (exact) mass is 923 g/mol. The summed E-state index contributed by atoms with van der Waals surface area (Å²) in [6, 6.07) is 6.03. The molecular formula is C28H39Ac2NO5. The third-order valence-corrected chi connectivity index (χ3v) is 9.99. The molecule has 1 saturated heterocycles. The van der Waals surface area contributed by atoms with Crippen molar-refractivity contribution in [3.63, 3.8) is 0 Å². The predicted octanol–water partition coefficient (Wildman–Crippen LogP) is 3.91. The maximum atomic E-state index is 12.7. The Labute approximate surface area is 286 Å².